The second kappa shape index (κ2) is 6.54. The Hall–Kier alpha value is -2.79. The third kappa shape index (κ3) is 3.52. The molecule has 1 aromatic heterocycles. The number of rotatable bonds is 3. The average Bonchev–Trinajstić information content (AvgIpc) is 2.48. The Kier molecular flexibility index (Phi) is 4.71. The number of benzene rings is 2. The maximum absolute atomic E-state index is 10.9. The molecule has 118 valence electrons. The number of nitrogens with one attached hydrogen (secondary N) is 1. The first-order valence-electron chi connectivity index (χ1n) is 6.74. The van der Waals surface area contributed by atoms with Crippen molar-refractivity contribution in [1.29, 1.82) is 0 Å². The summed E-state index contributed by atoms with van der Waals surface area (Å²) in [5.41, 5.74) is 3.44. The fourth-order valence-electron chi connectivity index (χ4n) is 2.30. The van der Waals surface area contributed by atoms with Crippen molar-refractivity contribution in [1.82, 2.24) is 4.98 Å². The molecule has 0 fully saturated rings. The van der Waals surface area contributed by atoms with Crippen LogP contribution in [-0.4, -0.2) is 21.2 Å². The highest BCUT2D eigenvalue weighted by Gasteiger charge is 2.07. The van der Waals surface area contributed by atoms with Crippen molar-refractivity contribution in [3.8, 4) is 5.75 Å². The molecule has 3 rings (SSSR count). The van der Waals surface area contributed by atoms with Crippen LogP contribution in [0.2, 0.25) is 0 Å². The number of aromatic carboxylic acids is 1. The molecule has 1 heterocycles. The Bertz CT molecular complexity index is 864. The van der Waals surface area contributed by atoms with Crippen LogP contribution >= 0.6 is 12.4 Å². The quantitative estimate of drug-likeness (QED) is 0.673. The number of carbonyl (C=O) groups is 1. The molecule has 2 aromatic carbocycles. The maximum Gasteiger partial charge on any atom is 0.335 e. The topological polar surface area (TPSA) is 82.5 Å². The number of aryl methyl sites for hydroxylation is 1. The molecule has 0 radical (unpaired) electrons. The lowest BCUT2D eigenvalue weighted by molar-refractivity contribution is 0.0697. The van der Waals surface area contributed by atoms with Gasteiger partial charge in [0.25, 0.3) is 0 Å². The van der Waals surface area contributed by atoms with E-state index in [2.05, 4.69) is 10.3 Å². The highest BCUT2D eigenvalue weighted by molar-refractivity contribution is 5.94. The number of carboxylic acids is 1. The molecule has 0 saturated heterocycles. The summed E-state index contributed by atoms with van der Waals surface area (Å²) in [7, 11) is 0. The highest BCUT2D eigenvalue weighted by atomic mass is 35.5. The normalized spacial score (nSPS) is 10.1. The number of hydrogen-bond acceptors (Lipinski definition) is 4. The number of hydrogen-bond donors (Lipinski definition) is 3. The number of anilines is 2. The lowest BCUT2D eigenvalue weighted by atomic mass is 10.1. The number of phenols is 1. The number of nitrogens with zero attached hydrogens (tertiary/aromatic N) is 1. The Morgan fingerprint density at radius 2 is 1.78 bits per heavy atom. The first-order chi connectivity index (χ1) is 10.5. The van der Waals surface area contributed by atoms with E-state index in [4.69, 9.17) is 5.11 Å². The smallest absolute Gasteiger partial charge is 0.335 e. The molecule has 0 aliphatic heterocycles. The zero-order valence-corrected chi connectivity index (χ0v) is 13.1. The van der Waals surface area contributed by atoms with E-state index in [0.717, 1.165) is 28.0 Å². The van der Waals surface area contributed by atoms with Crippen molar-refractivity contribution < 1.29 is 15.0 Å². The number of pyridine rings is 1. The van der Waals surface area contributed by atoms with Crippen LogP contribution in [0.1, 0.15) is 16.1 Å². The van der Waals surface area contributed by atoms with E-state index < -0.39 is 5.97 Å². The van der Waals surface area contributed by atoms with Crippen LogP contribution in [0.25, 0.3) is 10.9 Å². The van der Waals surface area contributed by atoms with Gasteiger partial charge in [-0.05, 0) is 55.5 Å². The molecular weight excluding hydrogens is 316 g/mol. The van der Waals surface area contributed by atoms with Crippen molar-refractivity contribution in [3.63, 3.8) is 0 Å². The molecule has 23 heavy (non-hydrogen) atoms. The van der Waals surface area contributed by atoms with E-state index in [1.54, 1.807) is 42.5 Å². The van der Waals surface area contributed by atoms with Crippen LogP contribution in [0.15, 0.2) is 48.5 Å². The van der Waals surface area contributed by atoms with Crippen molar-refractivity contribution in [3.05, 3.63) is 59.8 Å². The highest BCUT2D eigenvalue weighted by Crippen LogP contribution is 2.29. The van der Waals surface area contributed by atoms with Gasteiger partial charge in [0.15, 0.2) is 0 Å². The average molecular weight is 331 g/mol. The van der Waals surface area contributed by atoms with Gasteiger partial charge in [-0.25, -0.2) is 4.79 Å². The molecular formula is C17H15ClN2O3. The first-order valence-corrected chi connectivity index (χ1v) is 6.74. The lowest BCUT2D eigenvalue weighted by Gasteiger charge is -2.11. The predicted octanol–water partition coefficient (Wildman–Crippen LogP) is 4.11. The van der Waals surface area contributed by atoms with Crippen LogP contribution in [0, 0.1) is 6.92 Å². The number of phenolic OH excluding ortho intramolecular Hbond substituents is 1. The van der Waals surface area contributed by atoms with Crippen LogP contribution in [0.4, 0.5) is 11.4 Å². The molecule has 3 aromatic rings. The summed E-state index contributed by atoms with van der Waals surface area (Å²) in [6.07, 6.45) is 0. The van der Waals surface area contributed by atoms with E-state index in [-0.39, 0.29) is 23.7 Å². The minimum atomic E-state index is -0.957. The number of carboxylic acid groups (broad SMARTS) is 1. The Balaban J connectivity index is 0.00000192. The molecule has 0 unspecified atom stereocenters. The lowest BCUT2D eigenvalue weighted by Crippen LogP contribution is -1.98. The van der Waals surface area contributed by atoms with Gasteiger partial charge >= 0.3 is 5.97 Å². The fourth-order valence-corrected chi connectivity index (χ4v) is 2.30. The molecule has 0 saturated carbocycles. The molecule has 0 aliphatic rings. The fraction of sp³-hybridized carbons (Fsp3) is 0.0588. The minimum Gasteiger partial charge on any atom is -0.508 e. The molecule has 3 N–H and O–H groups in total. The van der Waals surface area contributed by atoms with Crippen molar-refractivity contribution in [2.45, 2.75) is 6.92 Å². The monoisotopic (exact) mass is 330 g/mol. The van der Waals surface area contributed by atoms with Gasteiger partial charge in [-0.1, -0.05) is 0 Å². The van der Waals surface area contributed by atoms with Gasteiger partial charge < -0.3 is 15.5 Å². The molecule has 0 bridgehead atoms. The van der Waals surface area contributed by atoms with Crippen LogP contribution < -0.4 is 5.32 Å². The molecule has 0 amide bonds. The van der Waals surface area contributed by atoms with Gasteiger partial charge in [0.2, 0.25) is 0 Å². The second-order valence-electron chi connectivity index (χ2n) is 5.02. The SMILES string of the molecule is Cc1cc(Nc2ccc(C(=O)O)cc2)c2cc(O)ccc2n1.Cl. The van der Waals surface area contributed by atoms with Crippen molar-refractivity contribution >= 4 is 40.7 Å². The van der Waals surface area contributed by atoms with Gasteiger partial charge in [0.05, 0.1) is 11.1 Å². The Morgan fingerprint density at radius 1 is 1.09 bits per heavy atom. The molecule has 0 spiro atoms. The summed E-state index contributed by atoms with van der Waals surface area (Å²) in [6.45, 7) is 1.89. The molecule has 5 nitrogen and oxygen atoms in total. The molecule has 0 aliphatic carbocycles. The van der Waals surface area contributed by atoms with Gasteiger partial charge in [0.1, 0.15) is 5.75 Å². The Labute approximate surface area is 139 Å². The van der Waals surface area contributed by atoms with Crippen LogP contribution in [0.5, 0.6) is 5.75 Å². The summed E-state index contributed by atoms with van der Waals surface area (Å²) < 4.78 is 0. The summed E-state index contributed by atoms with van der Waals surface area (Å²) in [5.74, 6) is -0.788. The summed E-state index contributed by atoms with van der Waals surface area (Å²) in [4.78, 5) is 15.3. The predicted molar refractivity (Wildman–Crippen MR) is 92.1 cm³/mol. The summed E-state index contributed by atoms with van der Waals surface area (Å²) in [6, 6.07) is 13.4. The van der Waals surface area contributed by atoms with E-state index in [1.807, 2.05) is 13.0 Å². The summed E-state index contributed by atoms with van der Waals surface area (Å²) >= 11 is 0. The van der Waals surface area contributed by atoms with E-state index >= 15 is 0 Å². The minimum absolute atomic E-state index is 0. The molecule has 0 atom stereocenters. The number of aromatic hydroxyl groups is 1. The largest absolute Gasteiger partial charge is 0.508 e. The van der Waals surface area contributed by atoms with Gasteiger partial charge in [-0.2, -0.15) is 0 Å². The van der Waals surface area contributed by atoms with E-state index in [9.17, 15) is 9.90 Å². The first kappa shape index (κ1) is 16.6. The van der Waals surface area contributed by atoms with Gasteiger partial charge in [-0.15, -0.1) is 12.4 Å². The summed E-state index contributed by atoms with van der Waals surface area (Å²) in [5, 5.41) is 22.6. The number of fused-ring (bicyclic) bond motifs is 1. The van der Waals surface area contributed by atoms with Gasteiger partial charge in [0, 0.05) is 22.5 Å². The maximum atomic E-state index is 10.9. The second-order valence-corrected chi connectivity index (χ2v) is 5.02. The zero-order valence-electron chi connectivity index (χ0n) is 12.3. The van der Waals surface area contributed by atoms with Gasteiger partial charge in [-0.3, -0.25) is 4.98 Å². The van der Waals surface area contributed by atoms with Crippen molar-refractivity contribution in [2.24, 2.45) is 0 Å². The third-order valence-corrected chi connectivity index (χ3v) is 3.33. The zero-order chi connectivity index (χ0) is 15.7. The number of aromatic nitrogens is 1. The van der Waals surface area contributed by atoms with Crippen molar-refractivity contribution in [2.75, 3.05) is 5.32 Å². The van der Waals surface area contributed by atoms with Crippen LogP contribution in [-0.2, 0) is 0 Å². The number of halogens is 1. The Morgan fingerprint density at radius 3 is 2.43 bits per heavy atom. The standard InChI is InChI=1S/C17H14N2O3.ClH/c1-10-8-16(14-9-13(20)6-7-15(14)18-10)19-12-4-2-11(3-5-12)17(21)22;/h2-9,20H,1H3,(H,18,19)(H,21,22);1H. The van der Waals surface area contributed by atoms with E-state index in [1.165, 1.54) is 0 Å². The van der Waals surface area contributed by atoms with E-state index in [0.29, 0.717) is 0 Å². The third-order valence-electron chi connectivity index (χ3n) is 3.33. The van der Waals surface area contributed by atoms with Crippen LogP contribution in [0.3, 0.4) is 0 Å². The molecule has 6 heteroatoms.